The molecule has 0 heterocycles. The van der Waals surface area contributed by atoms with Crippen molar-refractivity contribution in [1.82, 2.24) is 0 Å². The fourth-order valence-corrected chi connectivity index (χ4v) is 8.41. The lowest BCUT2D eigenvalue weighted by Crippen LogP contribution is -2.48. The third kappa shape index (κ3) is 2.62. The Kier molecular flexibility index (Phi) is 5.15. The van der Waals surface area contributed by atoms with Gasteiger partial charge in [0.25, 0.3) is 0 Å². The van der Waals surface area contributed by atoms with E-state index in [0.717, 1.165) is 31.2 Å². The highest BCUT2D eigenvalue weighted by Gasteiger charge is 2.80. The van der Waals surface area contributed by atoms with E-state index >= 15 is 0 Å². The van der Waals surface area contributed by atoms with Gasteiger partial charge in [-0.15, -0.1) is 0 Å². The van der Waals surface area contributed by atoms with Gasteiger partial charge in [0.1, 0.15) is 12.4 Å². The smallest absolute Gasteiger partial charge is 0.320 e. The van der Waals surface area contributed by atoms with Crippen LogP contribution >= 0.6 is 0 Å². The zero-order chi connectivity index (χ0) is 23.4. The number of methoxy groups -OCH3 is 1. The molecule has 0 saturated heterocycles. The number of hydrogen-bond acceptors (Lipinski definition) is 5. The van der Waals surface area contributed by atoms with Crippen molar-refractivity contribution in [3.8, 4) is 0 Å². The number of esters is 2. The summed E-state index contributed by atoms with van der Waals surface area (Å²) in [6.07, 6.45) is 10.5. The number of benzene rings is 1. The van der Waals surface area contributed by atoms with Crippen molar-refractivity contribution in [2.75, 3.05) is 13.7 Å². The molecule has 1 aromatic carbocycles. The summed E-state index contributed by atoms with van der Waals surface area (Å²) in [5.41, 5.74) is 0.372. The second kappa shape index (κ2) is 7.68. The molecule has 0 amide bonds. The number of carbonyl (C=O) groups excluding carboxylic acids is 3. The summed E-state index contributed by atoms with van der Waals surface area (Å²) in [6, 6.07) is 10.4. The van der Waals surface area contributed by atoms with Gasteiger partial charge in [0.2, 0.25) is 0 Å². The molecule has 0 spiro atoms. The maximum absolute atomic E-state index is 13.8. The normalized spacial score (nSPS) is 39.0. The molecule has 5 rings (SSSR count). The van der Waals surface area contributed by atoms with Crippen LogP contribution in [0.1, 0.15) is 44.6 Å². The van der Waals surface area contributed by atoms with Crippen molar-refractivity contribution >= 4 is 17.7 Å². The van der Waals surface area contributed by atoms with Crippen molar-refractivity contribution < 1.29 is 23.9 Å². The van der Waals surface area contributed by atoms with Gasteiger partial charge in [0.05, 0.1) is 7.11 Å². The van der Waals surface area contributed by atoms with E-state index in [1.54, 1.807) is 0 Å². The van der Waals surface area contributed by atoms with Crippen molar-refractivity contribution in [3.63, 3.8) is 0 Å². The first-order valence-electron chi connectivity index (χ1n) is 12.0. The van der Waals surface area contributed by atoms with Gasteiger partial charge in [0.15, 0.2) is 5.92 Å². The molecule has 1 unspecified atom stereocenters. The Hall–Kier alpha value is -2.69. The largest absolute Gasteiger partial charge is 0.468 e. The number of ether oxygens (including phenoxy) is 2. The Bertz CT molecular complexity index is 1030. The third-order valence-electron chi connectivity index (χ3n) is 9.52. The molecule has 4 aliphatic rings. The van der Waals surface area contributed by atoms with Crippen molar-refractivity contribution in [1.29, 1.82) is 0 Å². The van der Waals surface area contributed by atoms with Crippen molar-refractivity contribution in [3.05, 3.63) is 60.7 Å². The molecule has 1 aromatic rings. The lowest BCUT2D eigenvalue weighted by molar-refractivity contribution is -0.164. The lowest BCUT2D eigenvalue weighted by atomic mass is 9.51. The second-order valence-electron chi connectivity index (χ2n) is 10.4. The summed E-state index contributed by atoms with van der Waals surface area (Å²) in [5, 5.41) is 0. The van der Waals surface area contributed by atoms with Crippen LogP contribution in [-0.2, 0) is 29.3 Å². The Morgan fingerprint density at radius 3 is 2.58 bits per heavy atom. The summed E-state index contributed by atoms with van der Waals surface area (Å²) < 4.78 is 10.4. The van der Waals surface area contributed by atoms with Gasteiger partial charge in [-0.2, -0.15) is 0 Å². The quantitative estimate of drug-likeness (QED) is 0.366. The first kappa shape index (κ1) is 22.1. The molecule has 2 bridgehead atoms. The number of rotatable bonds is 6. The van der Waals surface area contributed by atoms with Crippen LogP contribution in [0.4, 0.5) is 0 Å². The number of allylic oxidation sites excluding steroid dienone is 2. The van der Waals surface area contributed by atoms with E-state index in [0.29, 0.717) is 0 Å². The first-order chi connectivity index (χ1) is 15.9. The van der Waals surface area contributed by atoms with Crippen molar-refractivity contribution in [2.24, 2.45) is 34.5 Å². The molecule has 0 radical (unpaired) electrons. The molecule has 0 aromatic heterocycles. The number of fused-ring (bicyclic) bond motifs is 2. The average Bonchev–Trinajstić information content (AvgIpc) is 3.38. The summed E-state index contributed by atoms with van der Waals surface area (Å²) >= 11 is 0. The topological polar surface area (TPSA) is 69.7 Å². The van der Waals surface area contributed by atoms with E-state index in [4.69, 9.17) is 9.47 Å². The minimum atomic E-state index is -1.10. The molecule has 174 valence electrons. The number of Topliss-reactive ketones (excluding diaryl/α,β-unsaturated/α-hetero) is 1. The van der Waals surface area contributed by atoms with E-state index in [1.165, 1.54) is 13.2 Å². The molecule has 3 saturated carbocycles. The van der Waals surface area contributed by atoms with Crippen LogP contribution in [-0.4, -0.2) is 31.4 Å². The van der Waals surface area contributed by atoms with Crippen LogP contribution in [0, 0.1) is 34.5 Å². The predicted octanol–water partition coefficient (Wildman–Crippen LogP) is 4.41. The monoisotopic (exact) mass is 448 g/mol. The third-order valence-corrected chi connectivity index (χ3v) is 9.52. The maximum atomic E-state index is 13.8. The molecular weight excluding hydrogens is 416 g/mol. The fourth-order valence-electron chi connectivity index (χ4n) is 8.41. The highest BCUT2D eigenvalue weighted by molar-refractivity contribution is 5.98. The summed E-state index contributed by atoms with van der Waals surface area (Å²) in [7, 11) is 1.29. The highest BCUT2D eigenvalue weighted by Crippen LogP contribution is 2.81. The summed E-state index contributed by atoms with van der Waals surface area (Å²) in [4.78, 5) is 39.8. The van der Waals surface area contributed by atoms with Crippen LogP contribution in [0.15, 0.2) is 55.1 Å². The van der Waals surface area contributed by atoms with Gasteiger partial charge in [0, 0.05) is 17.8 Å². The van der Waals surface area contributed by atoms with Gasteiger partial charge in [-0.05, 0) is 41.1 Å². The van der Waals surface area contributed by atoms with E-state index in [1.807, 2.05) is 18.2 Å². The molecule has 7 atom stereocenters. The van der Waals surface area contributed by atoms with Crippen molar-refractivity contribution in [2.45, 2.75) is 44.4 Å². The van der Waals surface area contributed by atoms with E-state index in [2.05, 4.69) is 37.8 Å². The van der Waals surface area contributed by atoms with Gasteiger partial charge >= 0.3 is 11.9 Å². The molecular formula is C28H32O5. The SMILES string of the molecule is C=CCOC(=O)C(C(=O)OC)[C@@H]1CC(=O)[C@@H]2[C@H]1[C@]13C=C[C@]2(c2ccccc2)[C@@]1(C)CCCC3. The Morgan fingerprint density at radius 1 is 1.15 bits per heavy atom. The highest BCUT2D eigenvalue weighted by atomic mass is 16.5. The fraction of sp³-hybridized carbons (Fsp3) is 0.536. The Labute approximate surface area is 195 Å². The van der Waals surface area contributed by atoms with E-state index in [-0.39, 0.29) is 41.5 Å². The van der Waals surface area contributed by atoms with Crippen LogP contribution in [0.5, 0.6) is 0 Å². The first-order valence-corrected chi connectivity index (χ1v) is 12.0. The van der Waals surface area contributed by atoms with E-state index < -0.39 is 29.2 Å². The van der Waals surface area contributed by atoms with Crippen LogP contribution in [0.25, 0.3) is 0 Å². The molecule has 3 fully saturated rings. The molecule has 5 heteroatoms. The molecule has 4 aliphatic carbocycles. The van der Waals surface area contributed by atoms with Gasteiger partial charge in [-0.3, -0.25) is 14.4 Å². The number of ketones is 1. The van der Waals surface area contributed by atoms with Gasteiger partial charge < -0.3 is 9.47 Å². The van der Waals surface area contributed by atoms with Crippen LogP contribution in [0.2, 0.25) is 0 Å². The molecule has 0 N–H and O–H groups in total. The average molecular weight is 449 g/mol. The van der Waals surface area contributed by atoms with Crippen LogP contribution in [0.3, 0.4) is 0 Å². The van der Waals surface area contributed by atoms with Gasteiger partial charge in [-0.1, -0.05) is 74.9 Å². The zero-order valence-corrected chi connectivity index (χ0v) is 19.4. The molecule has 33 heavy (non-hydrogen) atoms. The summed E-state index contributed by atoms with van der Waals surface area (Å²) in [6.45, 7) is 5.96. The maximum Gasteiger partial charge on any atom is 0.320 e. The zero-order valence-electron chi connectivity index (χ0n) is 19.4. The Morgan fingerprint density at radius 2 is 1.88 bits per heavy atom. The Balaban J connectivity index is 1.67. The predicted molar refractivity (Wildman–Crippen MR) is 123 cm³/mol. The minimum Gasteiger partial charge on any atom is -0.468 e. The standard InChI is InChI=1S/C28H32O5/c1-4-16-33-25(31)21(24(30)32-3)19-17-20(29)23-22(19)27-13-9-8-12-26(27,2)28(23,15-14-27)18-10-6-5-7-11-18/h4-7,10-11,14-15,19,21-23H,1,8-9,12-13,16-17H2,2-3H3/t19-,21?,22-,23+,26-,27-,28+/m0/s1. The lowest BCUT2D eigenvalue weighted by Gasteiger charge is -2.52. The minimum absolute atomic E-state index is 0.0256. The molecule has 0 aliphatic heterocycles. The number of hydrogen-bond donors (Lipinski definition) is 0. The molecule has 5 nitrogen and oxygen atoms in total. The summed E-state index contributed by atoms with van der Waals surface area (Å²) in [5.74, 6) is -2.96. The van der Waals surface area contributed by atoms with Gasteiger partial charge in [-0.25, -0.2) is 0 Å². The van der Waals surface area contributed by atoms with E-state index in [9.17, 15) is 14.4 Å². The van der Waals surface area contributed by atoms with Crippen LogP contribution < -0.4 is 0 Å². The number of carbonyl (C=O) groups is 3. The second-order valence-corrected chi connectivity index (χ2v) is 10.4.